The van der Waals surface area contributed by atoms with E-state index in [1.54, 1.807) is 16.8 Å². The third-order valence-corrected chi connectivity index (χ3v) is 7.84. The van der Waals surface area contributed by atoms with Gasteiger partial charge < -0.3 is 0 Å². The fourth-order valence-corrected chi connectivity index (χ4v) is 5.44. The van der Waals surface area contributed by atoms with Crippen molar-refractivity contribution in [3.63, 3.8) is 0 Å². The predicted molar refractivity (Wildman–Crippen MR) is 116 cm³/mol. The maximum Gasteiger partial charge on any atom is 0.238 e. The van der Waals surface area contributed by atoms with E-state index < -0.39 is 20.9 Å². The fraction of sp³-hybridized carbons (Fsp3) is 0. The molecule has 1 aromatic heterocycles. The minimum Gasteiger partial charge on any atom is -0.232 e. The normalized spacial score (nSPS) is 17.7. The number of primary sulfonamides is 1. The Balaban J connectivity index is 1.85. The number of rotatable bonds is 4. The lowest BCUT2D eigenvalue weighted by Crippen LogP contribution is -2.12. The summed E-state index contributed by atoms with van der Waals surface area (Å²) in [6.45, 7) is 0. The molecule has 144 valence electrons. The molecular formula is C19H15Cl2N3O2S2. The summed E-state index contributed by atoms with van der Waals surface area (Å²) < 4.78 is 25.6. The van der Waals surface area contributed by atoms with Gasteiger partial charge in [-0.05, 0) is 53.9 Å². The first-order valence-corrected chi connectivity index (χ1v) is 11.9. The molecular weight excluding hydrogens is 437 g/mol. The molecule has 0 radical (unpaired) electrons. The Hall–Kier alpha value is -2.03. The van der Waals surface area contributed by atoms with Crippen LogP contribution in [0.3, 0.4) is 0 Å². The summed E-state index contributed by atoms with van der Waals surface area (Å²) >= 11 is 12.4. The summed E-state index contributed by atoms with van der Waals surface area (Å²) in [6, 6.07) is 15.7. The Morgan fingerprint density at radius 3 is 2.25 bits per heavy atom. The van der Waals surface area contributed by atoms with Crippen molar-refractivity contribution in [3.8, 4) is 16.9 Å². The van der Waals surface area contributed by atoms with Crippen LogP contribution in [-0.4, -0.2) is 18.2 Å². The van der Waals surface area contributed by atoms with Crippen LogP contribution in [0.1, 0.15) is 0 Å². The van der Waals surface area contributed by atoms with Gasteiger partial charge in [-0.25, -0.2) is 18.2 Å². The van der Waals surface area contributed by atoms with Crippen LogP contribution in [0.5, 0.6) is 0 Å². The van der Waals surface area contributed by atoms with Gasteiger partial charge in [0.25, 0.3) is 0 Å². The number of allylic oxidation sites excluding steroid dienone is 2. The molecule has 0 saturated heterocycles. The van der Waals surface area contributed by atoms with Crippen molar-refractivity contribution in [1.82, 2.24) is 9.78 Å². The van der Waals surface area contributed by atoms with Gasteiger partial charge >= 0.3 is 0 Å². The standard InChI is InChI=1S/C19H15Cl2N3O2S2/c20-14-5-3-13(4-6-14)17-12-19(27-11-1-2-18(27)21)23-24(17)15-7-9-16(10-8-15)28(22,25)26/h1-12,27H,(H2,22,25,26). The van der Waals surface area contributed by atoms with Crippen LogP contribution in [0.4, 0.5) is 0 Å². The molecule has 28 heavy (non-hydrogen) atoms. The third-order valence-electron chi connectivity index (χ3n) is 4.19. The average molecular weight is 452 g/mol. The summed E-state index contributed by atoms with van der Waals surface area (Å²) in [7, 11) is -4.60. The molecule has 1 aliphatic heterocycles. The van der Waals surface area contributed by atoms with E-state index in [2.05, 4.69) is 0 Å². The Morgan fingerprint density at radius 1 is 1.00 bits per heavy atom. The van der Waals surface area contributed by atoms with Crippen molar-refractivity contribution in [2.24, 2.45) is 5.14 Å². The van der Waals surface area contributed by atoms with Gasteiger partial charge in [0.1, 0.15) is 5.03 Å². The highest BCUT2D eigenvalue weighted by Crippen LogP contribution is 2.50. The van der Waals surface area contributed by atoms with Crippen molar-refractivity contribution in [2.45, 2.75) is 9.92 Å². The fourth-order valence-electron chi connectivity index (χ4n) is 2.83. The first kappa shape index (κ1) is 19.3. The van der Waals surface area contributed by atoms with Gasteiger partial charge in [-0.3, -0.25) is 0 Å². The summed E-state index contributed by atoms with van der Waals surface area (Å²) in [5.74, 6) is 0. The van der Waals surface area contributed by atoms with Crippen molar-refractivity contribution in [1.29, 1.82) is 0 Å². The van der Waals surface area contributed by atoms with Gasteiger partial charge in [0.05, 0.1) is 20.6 Å². The number of hydrogen-bond acceptors (Lipinski definition) is 3. The zero-order valence-corrected chi connectivity index (χ0v) is 17.6. The average Bonchev–Trinajstić information content (AvgIpc) is 3.28. The monoisotopic (exact) mass is 451 g/mol. The predicted octanol–water partition coefficient (Wildman–Crippen LogP) is 4.81. The van der Waals surface area contributed by atoms with Gasteiger partial charge in [-0.2, -0.15) is 16.0 Å². The molecule has 4 rings (SSSR count). The van der Waals surface area contributed by atoms with Crippen LogP contribution in [0.25, 0.3) is 16.9 Å². The van der Waals surface area contributed by atoms with E-state index in [1.165, 1.54) is 12.1 Å². The van der Waals surface area contributed by atoms with E-state index in [4.69, 9.17) is 33.4 Å². The van der Waals surface area contributed by atoms with Crippen LogP contribution >= 0.6 is 34.1 Å². The smallest absolute Gasteiger partial charge is 0.232 e. The number of benzene rings is 2. The van der Waals surface area contributed by atoms with Gasteiger partial charge in [-0.15, -0.1) is 0 Å². The maximum atomic E-state index is 11.5. The number of sulfonamides is 1. The Labute approximate surface area is 175 Å². The third kappa shape index (κ3) is 3.76. The molecule has 2 heterocycles. The van der Waals surface area contributed by atoms with Gasteiger partial charge in [0.2, 0.25) is 10.0 Å². The van der Waals surface area contributed by atoms with E-state index in [1.807, 2.05) is 47.9 Å². The van der Waals surface area contributed by atoms with E-state index in [-0.39, 0.29) is 4.90 Å². The van der Waals surface area contributed by atoms with Crippen LogP contribution in [0.2, 0.25) is 5.02 Å². The highest BCUT2D eigenvalue weighted by Gasteiger charge is 2.19. The van der Waals surface area contributed by atoms with E-state index in [0.29, 0.717) is 10.7 Å². The molecule has 1 aliphatic rings. The first-order valence-electron chi connectivity index (χ1n) is 8.15. The lowest BCUT2D eigenvalue weighted by molar-refractivity contribution is 0.598. The minimum atomic E-state index is -3.76. The van der Waals surface area contributed by atoms with Gasteiger partial charge in [0, 0.05) is 10.6 Å². The molecule has 2 N–H and O–H groups in total. The Morgan fingerprint density at radius 2 is 1.68 bits per heavy atom. The second-order valence-corrected chi connectivity index (χ2v) is 10.7. The topological polar surface area (TPSA) is 78.0 Å². The summed E-state index contributed by atoms with van der Waals surface area (Å²) in [6.07, 6.45) is 3.80. The van der Waals surface area contributed by atoms with Crippen molar-refractivity contribution in [2.75, 3.05) is 0 Å². The molecule has 0 bridgehead atoms. The molecule has 0 aliphatic carbocycles. The van der Waals surface area contributed by atoms with Crippen LogP contribution in [-0.2, 0) is 10.0 Å². The van der Waals surface area contributed by atoms with Gasteiger partial charge in [0.15, 0.2) is 0 Å². The zero-order valence-electron chi connectivity index (χ0n) is 14.3. The van der Waals surface area contributed by atoms with Crippen LogP contribution in [0.15, 0.2) is 86.4 Å². The van der Waals surface area contributed by atoms with E-state index >= 15 is 0 Å². The van der Waals surface area contributed by atoms with E-state index in [0.717, 1.165) is 20.6 Å². The molecule has 0 saturated carbocycles. The first-order chi connectivity index (χ1) is 13.3. The molecule has 1 atom stereocenters. The lowest BCUT2D eigenvalue weighted by Gasteiger charge is -2.10. The maximum absolute atomic E-state index is 11.5. The second-order valence-electron chi connectivity index (χ2n) is 6.05. The highest BCUT2D eigenvalue weighted by molar-refractivity contribution is 8.24. The quantitative estimate of drug-likeness (QED) is 0.558. The van der Waals surface area contributed by atoms with Crippen molar-refractivity contribution >= 4 is 44.1 Å². The number of thiol groups is 1. The molecule has 9 heteroatoms. The summed E-state index contributed by atoms with van der Waals surface area (Å²) in [5, 5.41) is 13.5. The molecule has 0 spiro atoms. The van der Waals surface area contributed by atoms with Crippen molar-refractivity contribution in [3.05, 3.63) is 81.5 Å². The SMILES string of the molecule is NS(=O)(=O)c1ccc(-n2nc([SH]3C=CC=C3Cl)cc2-c2ccc(Cl)cc2)cc1. The number of nitrogens with two attached hydrogens (primary N) is 1. The number of aromatic nitrogens is 2. The lowest BCUT2D eigenvalue weighted by atomic mass is 10.1. The molecule has 0 fully saturated rings. The van der Waals surface area contributed by atoms with Crippen LogP contribution in [0, 0.1) is 0 Å². The molecule has 0 amide bonds. The minimum absolute atomic E-state index is 0.0470. The molecule has 2 aromatic carbocycles. The number of hydrogen-bond donors (Lipinski definition) is 2. The Kier molecular flexibility index (Phi) is 5.11. The molecule has 1 unspecified atom stereocenters. The summed E-state index contributed by atoms with van der Waals surface area (Å²) in [5.41, 5.74) is 2.49. The number of nitrogens with zero attached hydrogens (tertiary/aromatic N) is 2. The Bertz CT molecular complexity index is 1200. The molecule has 5 nitrogen and oxygen atoms in total. The second kappa shape index (κ2) is 7.42. The number of halogens is 2. The zero-order chi connectivity index (χ0) is 19.9. The van der Waals surface area contributed by atoms with Gasteiger partial charge in [-0.1, -0.05) is 41.4 Å². The summed E-state index contributed by atoms with van der Waals surface area (Å²) in [4.78, 5) is 0.0470. The molecule has 3 aromatic rings. The van der Waals surface area contributed by atoms with Crippen molar-refractivity contribution < 1.29 is 8.42 Å². The highest BCUT2D eigenvalue weighted by atomic mass is 35.5. The van der Waals surface area contributed by atoms with Crippen LogP contribution < -0.4 is 5.14 Å². The largest absolute Gasteiger partial charge is 0.238 e. The van der Waals surface area contributed by atoms with E-state index in [9.17, 15) is 8.42 Å².